The number of halogens is 1. The summed E-state index contributed by atoms with van der Waals surface area (Å²) in [6.07, 6.45) is 1.54. The highest BCUT2D eigenvalue weighted by molar-refractivity contribution is 6.32. The van der Waals surface area contributed by atoms with E-state index in [1.54, 1.807) is 36.5 Å². The van der Waals surface area contributed by atoms with Crippen LogP contribution in [-0.4, -0.2) is 22.5 Å². The van der Waals surface area contributed by atoms with Gasteiger partial charge in [-0.15, -0.1) is 0 Å². The van der Waals surface area contributed by atoms with Crippen molar-refractivity contribution in [2.75, 3.05) is 6.61 Å². The van der Waals surface area contributed by atoms with Crippen molar-refractivity contribution in [3.8, 4) is 23.1 Å². The Balaban J connectivity index is 1.39. The largest absolute Gasteiger partial charge is 0.490 e. The second-order valence-corrected chi connectivity index (χ2v) is 9.91. The third kappa shape index (κ3) is 5.44. The van der Waals surface area contributed by atoms with Crippen molar-refractivity contribution >= 4 is 39.7 Å². The number of hydrogen-bond acceptors (Lipinski definition) is 6. The van der Waals surface area contributed by atoms with Gasteiger partial charge < -0.3 is 13.9 Å². The van der Waals surface area contributed by atoms with Crippen molar-refractivity contribution in [1.82, 2.24) is 9.66 Å². The molecule has 4 aromatic carbocycles. The number of rotatable bonds is 8. The summed E-state index contributed by atoms with van der Waals surface area (Å²) in [5.74, 6) is 1.64. The quantitative estimate of drug-likeness (QED) is 0.178. The van der Waals surface area contributed by atoms with Crippen molar-refractivity contribution in [2.24, 2.45) is 5.10 Å². The standard InChI is InChI=1S/C33H26ClN3O4/c1-3-39-29-17-23(16-26(34)31(29)40-20-22-14-12-21(2)13-15-22)19-35-37-32(30-18-24-8-4-7-11-28(24)41-30)36-27-10-6-5-9-25(27)33(37)38/h4-19H,3,20H2,1-2H3. The molecule has 8 heteroatoms. The monoisotopic (exact) mass is 563 g/mol. The van der Waals surface area contributed by atoms with E-state index in [-0.39, 0.29) is 11.4 Å². The number of para-hydroxylation sites is 2. The third-order valence-electron chi connectivity index (χ3n) is 6.56. The molecule has 0 amide bonds. The van der Waals surface area contributed by atoms with Gasteiger partial charge in [-0.25, -0.2) is 4.98 Å². The molecule has 2 aromatic heterocycles. The van der Waals surface area contributed by atoms with Gasteiger partial charge in [0.25, 0.3) is 5.56 Å². The summed E-state index contributed by atoms with van der Waals surface area (Å²) in [5.41, 5.74) is 3.73. The summed E-state index contributed by atoms with van der Waals surface area (Å²) in [5, 5.41) is 6.25. The molecule has 0 N–H and O–H groups in total. The molecular formula is C33H26ClN3O4. The molecule has 0 saturated carbocycles. The summed E-state index contributed by atoms with van der Waals surface area (Å²) in [6.45, 7) is 4.68. The molecule has 0 unspecified atom stereocenters. The zero-order chi connectivity index (χ0) is 28.3. The number of hydrogen-bond donors (Lipinski definition) is 0. The van der Waals surface area contributed by atoms with Crippen LogP contribution in [0.2, 0.25) is 5.02 Å². The van der Waals surface area contributed by atoms with Crippen molar-refractivity contribution < 1.29 is 13.9 Å². The molecule has 0 aliphatic heterocycles. The van der Waals surface area contributed by atoms with E-state index in [2.05, 4.69) is 5.10 Å². The maximum Gasteiger partial charge on any atom is 0.282 e. The Bertz CT molecular complexity index is 1930. The Morgan fingerprint density at radius 1 is 0.976 bits per heavy atom. The molecule has 0 atom stereocenters. The molecule has 7 nitrogen and oxygen atoms in total. The second-order valence-electron chi connectivity index (χ2n) is 9.50. The van der Waals surface area contributed by atoms with Crippen LogP contribution < -0.4 is 15.0 Å². The molecule has 41 heavy (non-hydrogen) atoms. The van der Waals surface area contributed by atoms with Gasteiger partial charge in [0.2, 0.25) is 5.82 Å². The first-order valence-electron chi connectivity index (χ1n) is 13.2. The molecule has 204 valence electrons. The highest BCUT2D eigenvalue weighted by atomic mass is 35.5. The maximum absolute atomic E-state index is 13.6. The predicted molar refractivity (Wildman–Crippen MR) is 162 cm³/mol. The SMILES string of the molecule is CCOc1cc(C=Nn2c(-c3cc4ccccc4o3)nc3ccccc3c2=O)cc(Cl)c1OCc1ccc(C)cc1. The second kappa shape index (κ2) is 11.3. The molecule has 0 aliphatic carbocycles. The molecule has 0 radical (unpaired) electrons. The van der Waals surface area contributed by atoms with E-state index < -0.39 is 0 Å². The van der Waals surface area contributed by atoms with Crippen molar-refractivity contribution in [3.05, 3.63) is 123 Å². The third-order valence-corrected chi connectivity index (χ3v) is 6.84. The van der Waals surface area contributed by atoms with Gasteiger partial charge in [0.1, 0.15) is 12.2 Å². The minimum absolute atomic E-state index is 0.287. The van der Waals surface area contributed by atoms with Crippen molar-refractivity contribution in [1.29, 1.82) is 0 Å². The molecule has 0 bridgehead atoms. The van der Waals surface area contributed by atoms with Gasteiger partial charge >= 0.3 is 0 Å². The summed E-state index contributed by atoms with van der Waals surface area (Å²) >= 11 is 6.66. The minimum atomic E-state index is -0.323. The van der Waals surface area contributed by atoms with Crippen molar-refractivity contribution in [3.63, 3.8) is 0 Å². The normalized spacial score (nSPS) is 11.5. The van der Waals surface area contributed by atoms with Gasteiger partial charge in [0.05, 0.1) is 28.7 Å². The maximum atomic E-state index is 13.6. The summed E-state index contributed by atoms with van der Waals surface area (Å²) in [4.78, 5) is 18.3. The minimum Gasteiger partial charge on any atom is -0.490 e. The van der Waals surface area contributed by atoms with Crippen LogP contribution in [0.3, 0.4) is 0 Å². The molecule has 6 aromatic rings. The van der Waals surface area contributed by atoms with Gasteiger partial charge in [-0.2, -0.15) is 9.78 Å². The van der Waals surface area contributed by atoms with Gasteiger partial charge in [0, 0.05) is 5.39 Å². The van der Waals surface area contributed by atoms with Crippen LogP contribution in [0, 0.1) is 6.92 Å². The topological polar surface area (TPSA) is 78.9 Å². The lowest BCUT2D eigenvalue weighted by molar-refractivity contribution is 0.269. The number of furan rings is 1. The van der Waals surface area contributed by atoms with Crippen LogP contribution in [0.5, 0.6) is 11.5 Å². The Kier molecular flexibility index (Phi) is 7.27. The lowest BCUT2D eigenvalue weighted by atomic mass is 10.1. The molecule has 2 heterocycles. The lowest BCUT2D eigenvalue weighted by Gasteiger charge is -2.14. The van der Waals surface area contributed by atoms with Gasteiger partial charge in [-0.05, 0) is 61.4 Å². The first-order chi connectivity index (χ1) is 20.0. The molecule has 0 spiro atoms. The Morgan fingerprint density at radius 3 is 2.56 bits per heavy atom. The van der Waals surface area contributed by atoms with E-state index in [0.717, 1.165) is 10.9 Å². The molecule has 0 saturated heterocycles. The number of fused-ring (bicyclic) bond motifs is 2. The fourth-order valence-electron chi connectivity index (χ4n) is 4.51. The van der Waals surface area contributed by atoms with Crippen LogP contribution in [-0.2, 0) is 6.61 Å². The smallest absolute Gasteiger partial charge is 0.282 e. The van der Waals surface area contributed by atoms with E-state index in [0.29, 0.717) is 57.5 Å². The first-order valence-corrected chi connectivity index (χ1v) is 13.6. The van der Waals surface area contributed by atoms with E-state index in [9.17, 15) is 4.79 Å². The van der Waals surface area contributed by atoms with Crippen LogP contribution in [0.25, 0.3) is 33.5 Å². The van der Waals surface area contributed by atoms with E-state index in [1.807, 2.05) is 74.5 Å². The molecule has 6 rings (SSSR count). The van der Waals surface area contributed by atoms with Crippen LogP contribution in [0.4, 0.5) is 0 Å². The van der Waals surface area contributed by atoms with E-state index in [4.69, 9.17) is 30.5 Å². The van der Waals surface area contributed by atoms with Crippen LogP contribution >= 0.6 is 11.6 Å². The lowest BCUT2D eigenvalue weighted by Crippen LogP contribution is -2.20. The summed E-state index contributed by atoms with van der Waals surface area (Å²) < 4.78 is 19.2. The molecule has 0 fully saturated rings. The van der Waals surface area contributed by atoms with E-state index in [1.165, 1.54) is 10.2 Å². The fraction of sp³-hybridized carbons (Fsp3) is 0.121. The molecular weight excluding hydrogens is 538 g/mol. The Labute approximate surface area is 241 Å². The number of aryl methyl sites for hydroxylation is 1. The van der Waals surface area contributed by atoms with Crippen LogP contribution in [0.15, 0.2) is 105 Å². The summed E-state index contributed by atoms with van der Waals surface area (Å²) in [6, 6.07) is 28.2. The fourth-order valence-corrected chi connectivity index (χ4v) is 4.79. The number of ether oxygens (including phenoxy) is 2. The summed E-state index contributed by atoms with van der Waals surface area (Å²) in [7, 11) is 0. The zero-order valence-corrected chi connectivity index (χ0v) is 23.3. The number of aromatic nitrogens is 2. The average Bonchev–Trinajstić information content (AvgIpc) is 3.42. The highest BCUT2D eigenvalue weighted by Gasteiger charge is 2.17. The van der Waals surface area contributed by atoms with E-state index >= 15 is 0 Å². The highest BCUT2D eigenvalue weighted by Crippen LogP contribution is 2.37. The number of benzene rings is 4. The van der Waals surface area contributed by atoms with Crippen molar-refractivity contribution in [2.45, 2.75) is 20.5 Å². The molecule has 0 aliphatic rings. The van der Waals surface area contributed by atoms with Gasteiger partial charge in [-0.3, -0.25) is 4.79 Å². The Hall–Kier alpha value is -4.88. The van der Waals surface area contributed by atoms with Gasteiger partial charge in [0.15, 0.2) is 17.3 Å². The first kappa shape index (κ1) is 26.3. The van der Waals surface area contributed by atoms with Gasteiger partial charge in [-0.1, -0.05) is 71.8 Å². The predicted octanol–water partition coefficient (Wildman–Crippen LogP) is 7.63. The number of nitrogens with zero attached hydrogens (tertiary/aromatic N) is 3. The zero-order valence-electron chi connectivity index (χ0n) is 22.5. The average molecular weight is 564 g/mol. The van der Waals surface area contributed by atoms with Crippen LogP contribution in [0.1, 0.15) is 23.6 Å². The Morgan fingerprint density at radius 2 is 1.76 bits per heavy atom.